The van der Waals surface area contributed by atoms with E-state index in [0.29, 0.717) is 24.7 Å². The minimum absolute atomic E-state index is 0.0721. The lowest BCUT2D eigenvalue weighted by Gasteiger charge is -2.20. The number of hydrogen-bond donors (Lipinski definition) is 2. The van der Waals surface area contributed by atoms with Crippen molar-refractivity contribution in [1.82, 2.24) is 9.88 Å². The van der Waals surface area contributed by atoms with Crippen molar-refractivity contribution < 1.29 is 10.2 Å². The molecule has 0 spiro atoms. The molecule has 0 amide bonds. The fraction of sp³-hybridized carbons (Fsp3) is 0.500. The maximum absolute atomic E-state index is 8.84. The third-order valence-electron chi connectivity index (χ3n) is 2.08. The Morgan fingerprint density at radius 2 is 1.93 bits per heavy atom. The van der Waals surface area contributed by atoms with Crippen LogP contribution < -0.4 is 0 Å². The third kappa shape index (κ3) is 4.13. The predicted molar refractivity (Wildman–Crippen MR) is 58.7 cm³/mol. The zero-order valence-electron chi connectivity index (χ0n) is 8.43. The van der Waals surface area contributed by atoms with Gasteiger partial charge in [-0.15, -0.1) is 0 Å². The van der Waals surface area contributed by atoms with E-state index in [1.54, 1.807) is 12.4 Å². The molecule has 0 aliphatic carbocycles. The average molecular weight is 231 g/mol. The second-order valence-corrected chi connectivity index (χ2v) is 3.60. The molecule has 15 heavy (non-hydrogen) atoms. The van der Waals surface area contributed by atoms with E-state index in [9.17, 15) is 0 Å². The highest BCUT2D eigenvalue weighted by Crippen LogP contribution is 2.15. The van der Waals surface area contributed by atoms with Crippen molar-refractivity contribution in [1.29, 1.82) is 0 Å². The molecule has 0 atom stereocenters. The van der Waals surface area contributed by atoms with Gasteiger partial charge >= 0.3 is 0 Å². The number of rotatable bonds is 6. The van der Waals surface area contributed by atoms with Crippen LogP contribution in [0.25, 0.3) is 0 Å². The predicted octanol–water partition coefficient (Wildman–Crippen LogP) is 0.522. The van der Waals surface area contributed by atoms with Crippen molar-refractivity contribution in [3.8, 4) is 0 Å². The Labute approximate surface area is 94.1 Å². The minimum atomic E-state index is 0.0721. The Morgan fingerprint density at radius 3 is 2.47 bits per heavy atom. The summed E-state index contributed by atoms with van der Waals surface area (Å²) >= 11 is 5.95. The van der Waals surface area contributed by atoms with Gasteiger partial charge in [0.15, 0.2) is 0 Å². The van der Waals surface area contributed by atoms with Crippen LogP contribution >= 0.6 is 11.6 Å². The van der Waals surface area contributed by atoms with Gasteiger partial charge < -0.3 is 10.2 Å². The van der Waals surface area contributed by atoms with E-state index in [1.165, 1.54) is 0 Å². The number of aromatic nitrogens is 1. The van der Waals surface area contributed by atoms with E-state index >= 15 is 0 Å². The molecule has 0 saturated carbocycles. The van der Waals surface area contributed by atoms with Crippen molar-refractivity contribution in [3.05, 3.63) is 29.0 Å². The second kappa shape index (κ2) is 6.74. The Kier molecular flexibility index (Phi) is 5.57. The summed E-state index contributed by atoms with van der Waals surface area (Å²) in [5, 5.41) is 18.3. The Hall–Kier alpha value is -0.680. The number of aliphatic hydroxyl groups is 2. The molecule has 0 fully saturated rings. The Bertz CT molecular complexity index is 291. The fourth-order valence-electron chi connectivity index (χ4n) is 1.33. The molecule has 0 aromatic carbocycles. The lowest BCUT2D eigenvalue weighted by Crippen LogP contribution is -2.29. The summed E-state index contributed by atoms with van der Waals surface area (Å²) in [4.78, 5) is 5.83. The lowest BCUT2D eigenvalue weighted by atomic mass is 10.2. The summed E-state index contributed by atoms with van der Waals surface area (Å²) in [5.41, 5.74) is 0.952. The fourth-order valence-corrected chi connectivity index (χ4v) is 1.50. The summed E-state index contributed by atoms with van der Waals surface area (Å²) in [5.74, 6) is 0. The van der Waals surface area contributed by atoms with Crippen molar-refractivity contribution in [2.45, 2.75) is 6.54 Å². The minimum Gasteiger partial charge on any atom is -0.395 e. The number of halogens is 1. The largest absolute Gasteiger partial charge is 0.395 e. The van der Waals surface area contributed by atoms with Gasteiger partial charge in [-0.1, -0.05) is 11.6 Å². The van der Waals surface area contributed by atoms with E-state index in [4.69, 9.17) is 21.8 Å². The molecule has 5 heteroatoms. The smallest absolute Gasteiger partial charge is 0.0634 e. The van der Waals surface area contributed by atoms with E-state index in [1.807, 2.05) is 11.0 Å². The van der Waals surface area contributed by atoms with Crippen LogP contribution in [0.15, 0.2) is 18.5 Å². The molecule has 0 aliphatic rings. The standard InChI is InChI=1S/C10H15ClN2O2/c11-10-7-12-2-1-9(10)8-13(3-5-14)4-6-15/h1-2,7,14-15H,3-6,8H2. The quantitative estimate of drug-likeness (QED) is 0.748. The van der Waals surface area contributed by atoms with E-state index in [0.717, 1.165) is 5.56 Å². The highest BCUT2D eigenvalue weighted by Gasteiger charge is 2.07. The molecule has 2 N–H and O–H groups in total. The van der Waals surface area contributed by atoms with Crippen molar-refractivity contribution in [2.24, 2.45) is 0 Å². The first kappa shape index (κ1) is 12.4. The highest BCUT2D eigenvalue weighted by molar-refractivity contribution is 6.31. The maximum Gasteiger partial charge on any atom is 0.0634 e. The summed E-state index contributed by atoms with van der Waals surface area (Å²) in [6.45, 7) is 1.81. The van der Waals surface area contributed by atoms with Gasteiger partial charge in [0.25, 0.3) is 0 Å². The number of aliphatic hydroxyl groups excluding tert-OH is 2. The van der Waals surface area contributed by atoms with Gasteiger partial charge in [0.05, 0.1) is 18.2 Å². The van der Waals surface area contributed by atoms with Crippen molar-refractivity contribution >= 4 is 11.6 Å². The molecule has 0 unspecified atom stereocenters. The van der Waals surface area contributed by atoms with Gasteiger partial charge in [-0.2, -0.15) is 0 Å². The van der Waals surface area contributed by atoms with Crippen molar-refractivity contribution in [3.63, 3.8) is 0 Å². The SMILES string of the molecule is OCCN(CCO)Cc1ccncc1Cl. The van der Waals surface area contributed by atoms with Gasteiger partial charge in [-0.05, 0) is 11.6 Å². The van der Waals surface area contributed by atoms with Gasteiger partial charge in [0.1, 0.15) is 0 Å². The molecule has 0 aliphatic heterocycles. The maximum atomic E-state index is 8.84. The first-order chi connectivity index (χ1) is 7.27. The Balaban J connectivity index is 2.60. The van der Waals surface area contributed by atoms with Crippen LogP contribution in [0.3, 0.4) is 0 Å². The van der Waals surface area contributed by atoms with Gasteiger partial charge in [-0.25, -0.2) is 0 Å². The molecule has 0 bridgehead atoms. The zero-order chi connectivity index (χ0) is 11.1. The average Bonchev–Trinajstić information content (AvgIpc) is 2.22. The molecule has 4 nitrogen and oxygen atoms in total. The van der Waals surface area contributed by atoms with Crippen LogP contribution in [0.5, 0.6) is 0 Å². The zero-order valence-corrected chi connectivity index (χ0v) is 9.19. The first-order valence-electron chi connectivity index (χ1n) is 4.80. The molecule has 0 saturated heterocycles. The first-order valence-corrected chi connectivity index (χ1v) is 5.18. The highest BCUT2D eigenvalue weighted by atomic mass is 35.5. The van der Waals surface area contributed by atoms with Gasteiger partial charge in [0, 0.05) is 32.0 Å². The number of hydrogen-bond acceptors (Lipinski definition) is 4. The van der Waals surface area contributed by atoms with Crippen LogP contribution in [0.4, 0.5) is 0 Å². The van der Waals surface area contributed by atoms with Crippen LogP contribution in [-0.2, 0) is 6.54 Å². The lowest BCUT2D eigenvalue weighted by molar-refractivity contribution is 0.156. The van der Waals surface area contributed by atoms with E-state index < -0.39 is 0 Å². The topological polar surface area (TPSA) is 56.6 Å². The molecular formula is C10H15ClN2O2. The molecular weight excluding hydrogens is 216 g/mol. The van der Waals surface area contributed by atoms with Crippen LogP contribution in [0.2, 0.25) is 5.02 Å². The molecule has 0 radical (unpaired) electrons. The summed E-state index contributed by atoms with van der Waals surface area (Å²) in [6, 6.07) is 1.84. The number of pyridine rings is 1. The van der Waals surface area contributed by atoms with Crippen LogP contribution in [0, 0.1) is 0 Å². The third-order valence-corrected chi connectivity index (χ3v) is 2.42. The summed E-state index contributed by atoms with van der Waals surface area (Å²) in [7, 11) is 0. The summed E-state index contributed by atoms with van der Waals surface area (Å²) in [6.07, 6.45) is 3.27. The monoisotopic (exact) mass is 230 g/mol. The second-order valence-electron chi connectivity index (χ2n) is 3.19. The molecule has 84 valence electrons. The summed E-state index contributed by atoms with van der Waals surface area (Å²) < 4.78 is 0. The van der Waals surface area contributed by atoms with Crippen LogP contribution in [-0.4, -0.2) is 46.4 Å². The molecule has 1 heterocycles. The van der Waals surface area contributed by atoms with Crippen molar-refractivity contribution in [2.75, 3.05) is 26.3 Å². The van der Waals surface area contributed by atoms with Gasteiger partial charge in [-0.3, -0.25) is 9.88 Å². The van der Waals surface area contributed by atoms with Gasteiger partial charge in [0.2, 0.25) is 0 Å². The molecule has 1 aromatic rings. The van der Waals surface area contributed by atoms with Crippen LogP contribution in [0.1, 0.15) is 5.56 Å². The van der Waals surface area contributed by atoms with E-state index in [-0.39, 0.29) is 13.2 Å². The molecule has 1 rings (SSSR count). The normalized spacial score (nSPS) is 10.9. The van der Waals surface area contributed by atoms with E-state index in [2.05, 4.69) is 4.98 Å². The Morgan fingerprint density at radius 1 is 1.27 bits per heavy atom. The number of nitrogens with zero attached hydrogens (tertiary/aromatic N) is 2. The molecule has 1 aromatic heterocycles.